The Morgan fingerprint density at radius 2 is 2.11 bits per heavy atom. The van der Waals surface area contributed by atoms with Gasteiger partial charge in [0.05, 0.1) is 21.9 Å². The molecule has 4 heteroatoms. The van der Waals surface area contributed by atoms with Crippen molar-refractivity contribution in [3.05, 3.63) is 43.0 Å². The van der Waals surface area contributed by atoms with Crippen LogP contribution >= 0.6 is 0 Å². The van der Waals surface area contributed by atoms with Crippen molar-refractivity contribution in [3.63, 3.8) is 0 Å². The quantitative estimate of drug-likeness (QED) is 0.618. The summed E-state index contributed by atoms with van der Waals surface area (Å²) in [4.78, 5) is 12.1. The Morgan fingerprint density at radius 1 is 1.44 bits per heavy atom. The topological polar surface area (TPSA) is 46.5 Å². The van der Waals surface area contributed by atoms with E-state index in [0.29, 0.717) is 4.90 Å². The second kappa shape index (κ2) is 6.77. The van der Waals surface area contributed by atoms with Crippen molar-refractivity contribution in [2.45, 2.75) is 18.2 Å². The average Bonchev–Trinajstić information content (AvgIpc) is 2.37. The predicted octanol–water partition coefficient (Wildman–Crippen LogP) is 2.64. The zero-order chi connectivity index (χ0) is 13.4. The summed E-state index contributed by atoms with van der Waals surface area (Å²) in [7, 11) is -2.76. The highest BCUT2D eigenvalue weighted by Gasteiger charge is 2.12. The van der Waals surface area contributed by atoms with E-state index in [9.17, 15) is 9.00 Å². The number of hydrogen-bond donors (Lipinski definition) is 0. The number of carbonyl (C=O) groups excluding carboxylic acids is 1. The van der Waals surface area contributed by atoms with Crippen molar-refractivity contribution >= 4 is 15.6 Å². The van der Waals surface area contributed by atoms with Crippen LogP contribution in [0.2, 0.25) is 0 Å². The fourth-order valence-electron chi connectivity index (χ4n) is 1.34. The monoisotopic (exact) mass is 261 g/mol. The Hall–Kier alpha value is -1.86. The molecule has 0 spiro atoms. The summed E-state index contributed by atoms with van der Waals surface area (Å²) in [5.41, 5.74) is 0. The molecule has 0 aliphatic heterocycles. The van der Waals surface area contributed by atoms with Gasteiger partial charge in [0, 0.05) is 4.90 Å². The Bertz CT molecular complexity index is 600. The summed E-state index contributed by atoms with van der Waals surface area (Å²) in [6.45, 7) is 5.21. The molecule has 0 aromatic heterocycles. The second-order valence-electron chi connectivity index (χ2n) is 3.50. The fraction of sp³-hybridized carbons (Fsp3) is 0.214. The van der Waals surface area contributed by atoms with E-state index in [4.69, 9.17) is 0 Å². The molecule has 0 saturated carbocycles. The van der Waals surface area contributed by atoms with Crippen LogP contribution in [0.5, 0.6) is 0 Å². The van der Waals surface area contributed by atoms with Crippen molar-refractivity contribution in [3.8, 4) is 11.8 Å². The molecule has 0 N–H and O–H groups in total. The van der Waals surface area contributed by atoms with E-state index in [1.165, 1.54) is 6.08 Å². The summed E-state index contributed by atoms with van der Waals surface area (Å²) in [6, 6.07) is 8.76. The van der Waals surface area contributed by atoms with Crippen LogP contribution in [0, 0.1) is 11.8 Å². The van der Waals surface area contributed by atoms with Gasteiger partial charge in [-0.1, -0.05) is 30.2 Å². The average molecular weight is 261 g/mol. The molecule has 3 nitrogen and oxygen atoms in total. The summed E-state index contributed by atoms with van der Waals surface area (Å²) in [6.07, 6.45) is 1.51. The Kier molecular flexibility index (Phi) is 5.34. The lowest BCUT2D eigenvalue weighted by atomic mass is 10.4. The lowest BCUT2D eigenvalue weighted by molar-refractivity contribution is -0.116. The number of nitrogens with zero attached hydrogens (tertiary/aromatic N) is 1. The standard InChI is InChI=1S/C14H15NO2S/c1-3-5-11-14(16)15-18(17,12-4-2)13-9-7-6-8-10-13/h4,6-10H,2,11-12H2,1H3. The molecule has 0 radical (unpaired) electrons. The number of benzene rings is 1. The van der Waals surface area contributed by atoms with Gasteiger partial charge in [0.2, 0.25) is 0 Å². The maximum atomic E-state index is 12.7. The number of amides is 1. The summed E-state index contributed by atoms with van der Waals surface area (Å²) < 4.78 is 16.5. The predicted molar refractivity (Wildman–Crippen MR) is 73.4 cm³/mol. The number of hydrogen-bond acceptors (Lipinski definition) is 2. The first-order valence-electron chi connectivity index (χ1n) is 5.45. The van der Waals surface area contributed by atoms with Gasteiger partial charge in [0.1, 0.15) is 0 Å². The van der Waals surface area contributed by atoms with Crippen molar-refractivity contribution in [1.29, 1.82) is 0 Å². The molecule has 1 amide bonds. The van der Waals surface area contributed by atoms with Crippen LogP contribution in [-0.4, -0.2) is 15.9 Å². The van der Waals surface area contributed by atoms with E-state index in [0.717, 1.165) is 0 Å². The number of carbonyl (C=O) groups is 1. The molecule has 94 valence electrons. The Labute approximate surface area is 108 Å². The van der Waals surface area contributed by atoms with Gasteiger partial charge in [0.25, 0.3) is 5.91 Å². The van der Waals surface area contributed by atoms with Gasteiger partial charge in [-0.05, 0) is 19.1 Å². The Balaban J connectivity index is 3.18. The fourth-order valence-corrected chi connectivity index (χ4v) is 3.01. The van der Waals surface area contributed by atoms with Crippen LogP contribution in [0.3, 0.4) is 0 Å². The minimum Gasteiger partial charge on any atom is -0.271 e. The molecule has 1 aromatic carbocycles. The zero-order valence-electron chi connectivity index (χ0n) is 10.3. The smallest absolute Gasteiger partial charge is 0.266 e. The molecule has 0 saturated heterocycles. The third kappa shape index (κ3) is 3.86. The van der Waals surface area contributed by atoms with Crippen molar-refractivity contribution in [2.75, 3.05) is 5.75 Å². The van der Waals surface area contributed by atoms with Crippen LogP contribution in [0.15, 0.2) is 52.2 Å². The molecule has 1 unspecified atom stereocenters. The van der Waals surface area contributed by atoms with Gasteiger partial charge >= 0.3 is 0 Å². The van der Waals surface area contributed by atoms with Crippen molar-refractivity contribution < 1.29 is 9.00 Å². The van der Waals surface area contributed by atoms with Crippen LogP contribution in [0.4, 0.5) is 0 Å². The molecule has 0 fully saturated rings. The van der Waals surface area contributed by atoms with E-state index in [-0.39, 0.29) is 12.2 Å². The van der Waals surface area contributed by atoms with Crippen molar-refractivity contribution in [1.82, 2.24) is 0 Å². The van der Waals surface area contributed by atoms with Crippen LogP contribution in [0.25, 0.3) is 0 Å². The molecular formula is C14H15NO2S. The second-order valence-corrected chi connectivity index (χ2v) is 5.77. The van der Waals surface area contributed by atoms with Gasteiger partial charge in [-0.2, -0.15) is 4.36 Å². The molecule has 1 aromatic rings. The molecule has 0 bridgehead atoms. The highest BCUT2D eigenvalue weighted by Crippen LogP contribution is 2.14. The minimum atomic E-state index is -2.76. The first kappa shape index (κ1) is 14.2. The van der Waals surface area contributed by atoms with E-state index in [2.05, 4.69) is 22.8 Å². The molecule has 1 rings (SSSR count). The van der Waals surface area contributed by atoms with E-state index in [1.807, 2.05) is 6.07 Å². The highest BCUT2D eigenvalue weighted by atomic mass is 32.2. The maximum absolute atomic E-state index is 12.7. The molecule has 18 heavy (non-hydrogen) atoms. The summed E-state index contributed by atoms with van der Waals surface area (Å²) in [5.74, 6) is 4.93. The lowest BCUT2D eigenvalue weighted by Gasteiger charge is -2.06. The largest absolute Gasteiger partial charge is 0.271 e. The SMILES string of the molecule is C=CCS(=O)(=NC(=O)CC#CC)c1ccccc1. The molecular weight excluding hydrogens is 246 g/mol. The number of rotatable bonds is 4. The molecule has 1 atom stereocenters. The van der Waals surface area contributed by atoms with Crippen molar-refractivity contribution in [2.24, 2.45) is 4.36 Å². The molecule has 0 heterocycles. The van der Waals surface area contributed by atoms with Crippen LogP contribution in [-0.2, 0) is 14.5 Å². The summed E-state index contributed by atoms with van der Waals surface area (Å²) in [5, 5.41) is 0. The highest BCUT2D eigenvalue weighted by molar-refractivity contribution is 7.94. The third-order valence-electron chi connectivity index (χ3n) is 2.12. The van der Waals surface area contributed by atoms with Crippen LogP contribution in [0.1, 0.15) is 13.3 Å². The first-order valence-corrected chi connectivity index (χ1v) is 7.14. The third-order valence-corrected chi connectivity index (χ3v) is 4.32. The Morgan fingerprint density at radius 3 is 2.67 bits per heavy atom. The van der Waals surface area contributed by atoms with E-state index < -0.39 is 15.6 Å². The van der Waals surface area contributed by atoms with E-state index >= 15 is 0 Å². The van der Waals surface area contributed by atoms with Gasteiger partial charge in [-0.3, -0.25) is 4.79 Å². The van der Waals surface area contributed by atoms with E-state index in [1.54, 1.807) is 31.2 Å². The molecule has 0 aliphatic rings. The van der Waals surface area contributed by atoms with Crippen LogP contribution < -0.4 is 0 Å². The zero-order valence-corrected chi connectivity index (χ0v) is 11.1. The minimum absolute atomic E-state index is 0.00251. The summed E-state index contributed by atoms with van der Waals surface area (Å²) >= 11 is 0. The van der Waals surface area contributed by atoms with Gasteiger partial charge in [-0.25, -0.2) is 4.21 Å². The first-order chi connectivity index (χ1) is 8.62. The van der Waals surface area contributed by atoms with Gasteiger partial charge in [-0.15, -0.1) is 12.5 Å². The lowest BCUT2D eigenvalue weighted by Crippen LogP contribution is -2.08. The van der Waals surface area contributed by atoms with Gasteiger partial charge in [0.15, 0.2) is 0 Å². The van der Waals surface area contributed by atoms with Gasteiger partial charge < -0.3 is 0 Å². The maximum Gasteiger partial charge on any atom is 0.266 e. The normalized spacial score (nSPS) is 12.7. The molecule has 0 aliphatic carbocycles.